The fourth-order valence-corrected chi connectivity index (χ4v) is 3.01. The summed E-state index contributed by atoms with van der Waals surface area (Å²) in [5.74, 6) is 1.60. The van der Waals surface area contributed by atoms with E-state index in [-0.39, 0.29) is 5.56 Å². The summed E-state index contributed by atoms with van der Waals surface area (Å²) < 4.78 is 7.10. The van der Waals surface area contributed by atoms with Gasteiger partial charge in [0.05, 0.1) is 16.7 Å². The Kier molecular flexibility index (Phi) is 4.57. The van der Waals surface area contributed by atoms with E-state index in [0.717, 1.165) is 0 Å². The van der Waals surface area contributed by atoms with Crippen molar-refractivity contribution in [2.24, 2.45) is 0 Å². The van der Waals surface area contributed by atoms with Crippen molar-refractivity contribution in [3.8, 4) is 0 Å². The first-order valence-corrected chi connectivity index (χ1v) is 8.26. The van der Waals surface area contributed by atoms with E-state index in [0.29, 0.717) is 46.6 Å². The standard InChI is InChI=1S/C16H16N4O2S/c1-3-9-20-15(21)11-7-5-6-8-12(11)17-16(20)23-10-14-19-18-13(4-2)22-14/h3,5-8H,1,4,9-10H2,2H3. The summed E-state index contributed by atoms with van der Waals surface area (Å²) in [4.78, 5) is 17.2. The molecule has 0 aliphatic carbocycles. The van der Waals surface area contributed by atoms with Crippen molar-refractivity contribution >= 4 is 22.7 Å². The van der Waals surface area contributed by atoms with Gasteiger partial charge in [0.25, 0.3) is 5.56 Å². The van der Waals surface area contributed by atoms with Crippen LogP contribution in [0, 0.1) is 0 Å². The molecule has 0 N–H and O–H groups in total. The highest BCUT2D eigenvalue weighted by atomic mass is 32.2. The third-order valence-electron chi connectivity index (χ3n) is 3.27. The number of thioether (sulfide) groups is 1. The predicted octanol–water partition coefficient (Wildman–Crippen LogP) is 2.82. The van der Waals surface area contributed by atoms with E-state index in [4.69, 9.17) is 4.42 Å². The van der Waals surface area contributed by atoms with Gasteiger partial charge in [0.2, 0.25) is 11.8 Å². The molecule has 7 heteroatoms. The lowest BCUT2D eigenvalue weighted by Gasteiger charge is -2.10. The number of rotatable bonds is 6. The topological polar surface area (TPSA) is 73.8 Å². The molecule has 0 saturated carbocycles. The van der Waals surface area contributed by atoms with Gasteiger partial charge in [-0.05, 0) is 12.1 Å². The number of allylic oxidation sites excluding steroid dienone is 1. The van der Waals surface area contributed by atoms with Crippen molar-refractivity contribution in [3.05, 3.63) is 59.1 Å². The van der Waals surface area contributed by atoms with Gasteiger partial charge in [0.15, 0.2) is 5.16 Å². The normalized spacial score (nSPS) is 11.0. The van der Waals surface area contributed by atoms with Gasteiger partial charge >= 0.3 is 0 Å². The van der Waals surface area contributed by atoms with E-state index in [1.807, 2.05) is 25.1 Å². The first kappa shape index (κ1) is 15.5. The van der Waals surface area contributed by atoms with Gasteiger partial charge in [-0.1, -0.05) is 36.9 Å². The maximum absolute atomic E-state index is 12.6. The Morgan fingerprint density at radius 3 is 2.83 bits per heavy atom. The molecule has 0 aliphatic rings. The van der Waals surface area contributed by atoms with Crippen LogP contribution in [0.25, 0.3) is 10.9 Å². The Bertz CT molecular complexity index is 900. The first-order chi connectivity index (χ1) is 11.2. The van der Waals surface area contributed by atoms with E-state index in [1.165, 1.54) is 11.8 Å². The molecule has 0 aliphatic heterocycles. The van der Waals surface area contributed by atoms with E-state index in [9.17, 15) is 4.79 Å². The number of benzene rings is 1. The summed E-state index contributed by atoms with van der Waals surface area (Å²) >= 11 is 1.40. The number of aromatic nitrogens is 4. The number of aryl methyl sites for hydroxylation is 1. The molecule has 0 fully saturated rings. The molecule has 0 spiro atoms. The highest BCUT2D eigenvalue weighted by molar-refractivity contribution is 7.98. The zero-order valence-corrected chi connectivity index (χ0v) is 13.5. The van der Waals surface area contributed by atoms with Crippen LogP contribution in [0.3, 0.4) is 0 Å². The number of fused-ring (bicyclic) bond motifs is 1. The summed E-state index contributed by atoms with van der Waals surface area (Å²) in [7, 11) is 0. The average molecular weight is 328 g/mol. The van der Waals surface area contributed by atoms with Crippen LogP contribution in [0.4, 0.5) is 0 Å². The fourth-order valence-electron chi connectivity index (χ4n) is 2.16. The predicted molar refractivity (Wildman–Crippen MR) is 89.4 cm³/mol. The molecule has 3 rings (SSSR count). The molecule has 1 aromatic carbocycles. The smallest absolute Gasteiger partial charge is 0.262 e. The summed E-state index contributed by atoms with van der Waals surface area (Å²) in [5, 5.41) is 9.15. The molecule has 3 aromatic rings. The Hall–Kier alpha value is -2.41. The van der Waals surface area contributed by atoms with Crippen LogP contribution in [0.1, 0.15) is 18.7 Å². The number of para-hydroxylation sites is 1. The van der Waals surface area contributed by atoms with Crippen LogP contribution in [0.15, 0.2) is 51.3 Å². The molecule has 118 valence electrons. The fraction of sp³-hybridized carbons (Fsp3) is 0.250. The quantitative estimate of drug-likeness (QED) is 0.393. The maximum atomic E-state index is 12.6. The second kappa shape index (κ2) is 6.78. The third kappa shape index (κ3) is 3.19. The van der Waals surface area contributed by atoms with Crippen LogP contribution in [-0.2, 0) is 18.7 Å². The second-order valence-corrected chi connectivity index (χ2v) is 5.79. The zero-order chi connectivity index (χ0) is 16.2. The summed E-state index contributed by atoms with van der Waals surface area (Å²) in [5.41, 5.74) is 0.609. The molecule has 0 unspecified atom stereocenters. The second-order valence-electron chi connectivity index (χ2n) is 4.85. The molecule has 0 atom stereocenters. The third-order valence-corrected chi connectivity index (χ3v) is 4.24. The van der Waals surface area contributed by atoms with Gasteiger partial charge < -0.3 is 4.42 Å². The Balaban J connectivity index is 1.96. The monoisotopic (exact) mass is 328 g/mol. The van der Waals surface area contributed by atoms with Crippen molar-refractivity contribution in [1.29, 1.82) is 0 Å². The molecular weight excluding hydrogens is 312 g/mol. The molecule has 0 bridgehead atoms. The zero-order valence-electron chi connectivity index (χ0n) is 12.7. The van der Waals surface area contributed by atoms with Crippen molar-refractivity contribution in [3.63, 3.8) is 0 Å². The summed E-state index contributed by atoms with van der Waals surface area (Å²) in [6.45, 7) is 6.07. The van der Waals surface area contributed by atoms with Crippen molar-refractivity contribution in [2.75, 3.05) is 0 Å². The minimum absolute atomic E-state index is 0.0715. The van der Waals surface area contributed by atoms with Crippen LogP contribution >= 0.6 is 11.8 Å². The van der Waals surface area contributed by atoms with Gasteiger partial charge in [-0.15, -0.1) is 16.8 Å². The summed E-state index contributed by atoms with van der Waals surface area (Å²) in [6, 6.07) is 7.32. The Morgan fingerprint density at radius 1 is 1.30 bits per heavy atom. The van der Waals surface area contributed by atoms with Crippen LogP contribution in [-0.4, -0.2) is 19.7 Å². The van der Waals surface area contributed by atoms with E-state index in [1.54, 1.807) is 16.7 Å². The first-order valence-electron chi connectivity index (χ1n) is 7.27. The number of hydrogen-bond donors (Lipinski definition) is 0. The lowest BCUT2D eigenvalue weighted by Crippen LogP contribution is -2.22. The minimum Gasteiger partial charge on any atom is -0.424 e. The molecule has 6 nitrogen and oxygen atoms in total. The van der Waals surface area contributed by atoms with Crippen LogP contribution < -0.4 is 5.56 Å². The van der Waals surface area contributed by atoms with E-state index < -0.39 is 0 Å². The summed E-state index contributed by atoms with van der Waals surface area (Å²) in [6.07, 6.45) is 2.39. The minimum atomic E-state index is -0.0715. The molecule has 0 saturated heterocycles. The van der Waals surface area contributed by atoms with Gasteiger partial charge in [-0.25, -0.2) is 4.98 Å². The lowest BCUT2D eigenvalue weighted by atomic mass is 10.2. The largest absolute Gasteiger partial charge is 0.424 e. The van der Waals surface area contributed by atoms with Crippen LogP contribution in [0.2, 0.25) is 0 Å². The van der Waals surface area contributed by atoms with Gasteiger partial charge in [-0.2, -0.15) is 0 Å². The van der Waals surface area contributed by atoms with Gasteiger partial charge in [-0.3, -0.25) is 9.36 Å². The van der Waals surface area contributed by atoms with E-state index >= 15 is 0 Å². The Labute approximate surface area is 137 Å². The molecule has 2 heterocycles. The molecular formula is C16H16N4O2S. The molecule has 2 aromatic heterocycles. The van der Waals surface area contributed by atoms with Gasteiger partial charge in [0.1, 0.15) is 0 Å². The highest BCUT2D eigenvalue weighted by Crippen LogP contribution is 2.21. The maximum Gasteiger partial charge on any atom is 0.262 e. The average Bonchev–Trinajstić information content (AvgIpc) is 3.04. The van der Waals surface area contributed by atoms with Crippen molar-refractivity contribution < 1.29 is 4.42 Å². The number of nitrogens with zero attached hydrogens (tertiary/aromatic N) is 4. The molecule has 23 heavy (non-hydrogen) atoms. The number of hydrogen-bond acceptors (Lipinski definition) is 6. The lowest BCUT2D eigenvalue weighted by molar-refractivity contribution is 0.469. The SMILES string of the molecule is C=CCn1c(SCc2nnc(CC)o2)nc2ccccc2c1=O. The van der Waals surface area contributed by atoms with Crippen molar-refractivity contribution in [2.45, 2.75) is 30.8 Å². The van der Waals surface area contributed by atoms with E-state index in [2.05, 4.69) is 21.8 Å². The Morgan fingerprint density at radius 2 is 2.09 bits per heavy atom. The molecule has 0 amide bonds. The van der Waals surface area contributed by atoms with Gasteiger partial charge in [0, 0.05) is 13.0 Å². The highest BCUT2D eigenvalue weighted by Gasteiger charge is 2.12. The van der Waals surface area contributed by atoms with Crippen molar-refractivity contribution in [1.82, 2.24) is 19.7 Å². The van der Waals surface area contributed by atoms with Crippen LogP contribution in [0.5, 0.6) is 0 Å². The molecule has 0 radical (unpaired) electrons.